The van der Waals surface area contributed by atoms with Crippen molar-refractivity contribution in [2.24, 2.45) is 0 Å². The summed E-state index contributed by atoms with van der Waals surface area (Å²) >= 11 is 1.47. The van der Waals surface area contributed by atoms with Gasteiger partial charge >= 0.3 is 0 Å². The fourth-order valence-electron chi connectivity index (χ4n) is 4.97. The van der Waals surface area contributed by atoms with E-state index in [1.807, 2.05) is 53.9 Å². The third-order valence-electron chi connectivity index (χ3n) is 6.85. The minimum Gasteiger partial charge on any atom is -0.368 e. The second-order valence-corrected chi connectivity index (χ2v) is 10.1. The van der Waals surface area contributed by atoms with E-state index in [0.717, 1.165) is 54.7 Å². The molecule has 180 valence electrons. The quantitative estimate of drug-likeness (QED) is 0.356. The SMILES string of the molecule is O=C1c2cccc(N3CCN(Cc4ccccc4)CC3)c2C(=O)N1Cc1nc(-c2ccccc2)cs1. The van der Waals surface area contributed by atoms with Gasteiger partial charge in [0.15, 0.2) is 0 Å². The number of benzene rings is 3. The Morgan fingerprint density at radius 2 is 1.47 bits per heavy atom. The van der Waals surface area contributed by atoms with Crippen LogP contribution in [0.15, 0.2) is 84.2 Å². The Labute approximate surface area is 214 Å². The van der Waals surface area contributed by atoms with E-state index < -0.39 is 0 Å². The van der Waals surface area contributed by atoms with E-state index >= 15 is 0 Å². The van der Waals surface area contributed by atoms with Crippen molar-refractivity contribution in [2.75, 3.05) is 31.1 Å². The van der Waals surface area contributed by atoms with Crippen LogP contribution in [0.5, 0.6) is 0 Å². The first-order valence-corrected chi connectivity index (χ1v) is 13.1. The number of aromatic nitrogens is 1. The van der Waals surface area contributed by atoms with Crippen molar-refractivity contribution in [1.82, 2.24) is 14.8 Å². The van der Waals surface area contributed by atoms with Crippen molar-refractivity contribution in [3.8, 4) is 11.3 Å². The molecule has 2 aliphatic rings. The van der Waals surface area contributed by atoms with Crippen LogP contribution in [0.25, 0.3) is 11.3 Å². The molecule has 0 saturated carbocycles. The highest BCUT2D eigenvalue weighted by Crippen LogP contribution is 2.34. The number of anilines is 1. The van der Waals surface area contributed by atoms with Gasteiger partial charge < -0.3 is 4.90 Å². The maximum Gasteiger partial charge on any atom is 0.264 e. The van der Waals surface area contributed by atoms with Crippen molar-refractivity contribution < 1.29 is 9.59 Å². The van der Waals surface area contributed by atoms with Crippen LogP contribution in [0.3, 0.4) is 0 Å². The van der Waals surface area contributed by atoms with Crippen LogP contribution in [0.4, 0.5) is 5.69 Å². The number of hydrogen-bond donors (Lipinski definition) is 0. The summed E-state index contributed by atoms with van der Waals surface area (Å²) in [5.74, 6) is -0.468. The molecule has 6 rings (SSSR count). The summed E-state index contributed by atoms with van der Waals surface area (Å²) in [6, 6.07) is 26.0. The molecule has 3 aromatic carbocycles. The van der Waals surface area contributed by atoms with Gasteiger partial charge in [-0.3, -0.25) is 19.4 Å². The lowest BCUT2D eigenvalue weighted by Crippen LogP contribution is -2.46. The predicted molar refractivity (Wildman–Crippen MR) is 142 cm³/mol. The number of carbonyl (C=O) groups is 2. The maximum atomic E-state index is 13.5. The Morgan fingerprint density at radius 1 is 0.750 bits per heavy atom. The van der Waals surface area contributed by atoms with E-state index in [1.165, 1.54) is 21.8 Å². The second kappa shape index (κ2) is 9.68. The van der Waals surface area contributed by atoms with Crippen LogP contribution in [0.1, 0.15) is 31.3 Å². The largest absolute Gasteiger partial charge is 0.368 e. The minimum atomic E-state index is -0.240. The number of fused-ring (bicyclic) bond motifs is 1. The number of rotatable bonds is 6. The molecule has 0 atom stereocenters. The van der Waals surface area contributed by atoms with E-state index in [-0.39, 0.29) is 18.4 Å². The lowest BCUT2D eigenvalue weighted by Gasteiger charge is -2.36. The topological polar surface area (TPSA) is 56.8 Å². The molecule has 2 aliphatic heterocycles. The lowest BCUT2D eigenvalue weighted by molar-refractivity contribution is 0.0642. The Morgan fingerprint density at radius 3 is 2.22 bits per heavy atom. The van der Waals surface area contributed by atoms with Crippen LogP contribution < -0.4 is 4.90 Å². The van der Waals surface area contributed by atoms with E-state index in [0.29, 0.717) is 11.1 Å². The Hall–Kier alpha value is -3.81. The van der Waals surface area contributed by atoms with Gasteiger partial charge in [-0.15, -0.1) is 11.3 Å². The Bertz CT molecular complexity index is 1400. The van der Waals surface area contributed by atoms with Crippen LogP contribution in [-0.4, -0.2) is 52.8 Å². The molecule has 0 radical (unpaired) electrons. The van der Waals surface area contributed by atoms with Gasteiger partial charge in [-0.2, -0.15) is 0 Å². The summed E-state index contributed by atoms with van der Waals surface area (Å²) in [7, 11) is 0. The number of amides is 2. The maximum absolute atomic E-state index is 13.5. The standard InChI is InChI=1S/C29H26N4O2S/c34-28-23-12-7-13-25(32-16-14-31(15-17-32)18-21-8-3-1-4-9-21)27(23)29(35)33(28)19-26-30-24(20-36-26)22-10-5-2-6-11-22/h1-13,20H,14-19H2. The highest BCUT2D eigenvalue weighted by molar-refractivity contribution is 7.10. The van der Waals surface area contributed by atoms with Gasteiger partial charge in [-0.25, -0.2) is 4.98 Å². The van der Waals surface area contributed by atoms with E-state index in [9.17, 15) is 9.59 Å². The fourth-order valence-corrected chi connectivity index (χ4v) is 5.76. The molecule has 6 nitrogen and oxygen atoms in total. The molecule has 0 N–H and O–H groups in total. The molecule has 7 heteroatoms. The predicted octanol–water partition coefficient (Wildman–Crippen LogP) is 4.93. The molecule has 2 amide bonds. The van der Waals surface area contributed by atoms with Gasteiger partial charge in [0.05, 0.1) is 29.1 Å². The van der Waals surface area contributed by atoms with Gasteiger partial charge in [-0.05, 0) is 17.7 Å². The first-order valence-electron chi connectivity index (χ1n) is 12.2. The molecular weight excluding hydrogens is 468 g/mol. The first kappa shape index (κ1) is 22.6. The van der Waals surface area contributed by atoms with Gasteiger partial charge in [0, 0.05) is 43.7 Å². The van der Waals surface area contributed by atoms with Crippen molar-refractivity contribution >= 4 is 28.8 Å². The molecule has 0 aliphatic carbocycles. The fraction of sp³-hybridized carbons (Fsp3) is 0.207. The smallest absolute Gasteiger partial charge is 0.264 e. The van der Waals surface area contributed by atoms with Crippen molar-refractivity contribution in [3.05, 3.63) is 106 Å². The molecule has 1 aromatic heterocycles. The third kappa shape index (κ3) is 4.32. The number of piperazine rings is 1. The zero-order valence-electron chi connectivity index (χ0n) is 19.8. The summed E-state index contributed by atoms with van der Waals surface area (Å²) in [6.07, 6.45) is 0. The number of nitrogens with zero attached hydrogens (tertiary/aromatic N) is 4. The Kier molecular flexibility index (Phi) is 6.09. The molecule has 36 heavy (non-hydrogen) atoms. The van der Waals surface area contributed by atoms with E-state index in [1.54, 1.807) is 6.07 Å². The van der Waals surface area contributed by atoms with E-state index in [2.05, 4.69) is 39.0 Å². The molecule has 3 heterocycles. The molecular formula is C29H26N4O2S. The normalized spacial score (nSPS) is 16.0. The molecule has 0 spiro atoms. The average Bonchev–Trinajstić information content (AvgIpc) is 3.49. The van der Waals surface area contributed by atoms with Crippen LogP contribution in [0.2, 0.25) is 0 Å². The highest BCUT2D eigenvalue weighted by Gasteiger charge is 2.39. The van der Waals surface area contributed by atoms with Crippen molar-refractivity contribution in [3.63, 3.8) is 0 Å². The van der Waals surface area contributed by atoms with Crippen LogP contribution in [-0.2, 0) is 13.1 Å². The molecule has 1 saturated heterocycles. The number of carbonyl (C=O) groups excluding carboxylic acids is 2. The average molecular weight is 495 g/mol. The van der Waals surface area contributed by atoms with Crippen molar-refractivity contribution in [1.29, 1.82) is 0 Å². The van der Waals surface area contributed by atoms with Gasteiger partial charge in [-0.1, -0.05) is 66.7 Å². The van der Waals surface area contributed by atoms with Gasteiger partial charge in [0.25, 0.3) is 11.8 Å². The summed E-state index contributed by atoms with van der Waals surface area (Å²) < 4.78 is 0. The summed E-state index contributed by atoms with van der Waals surface area (Å²) in [5, 5.41) is 2.72. The van der Waals surface area contributed by atoms with Crippen LogP contribution in [0, 0.1) is 0 Å². The number of hydrogen-bond acceptors (Lipinski definition) is 6. The molecule has 0 bridgehead atoms. The van der Waals surface area contributed by atoms with Gasteiger partial charge in [0.1, 0.15) is 5.01 Å². The summed E-state index contributed by atoms with van der Waals surface area (Å²) in [6.45, 7) is 4.56. The molecule has 1 fully saturated rings. The molecule has 0 unspecified atom stereocenters. The zero-order chi connectivity index (χ0) is 24.5. The van der Waals surface area contributed by atoms with Crippen LogP contribution >= 0.6 is 11.3 Å². The minimum absolute atomic E-state index is 0.189. The third-order valence-corrected chi connectivity index (χ3v) is 7.69. The zero-order valence-corrected chi connectivity index (χ0v) is 20.7. The Balaban J connectivity index is 1.17. The van der Waals surface area contributed by atoms with E-state index in [4.69, 9.17) is 0 Å². The highest BCUT2D eigenvalue weighted by atomic mass is 32.1. The summed E-state index contributed by atoms with van der Waals surface area (Å²) in [4.78, 5) is 37.4. The van der Waals surface area contributed by atoms with Gasteiger partial charge in [0.2, 0.25) is 0 Å². The molecule has 4 aromatic rings. The second-order valence-electron chi connectivity index (χ2n) is 9.14. The van der Waals surface area contributed by atoms with Crippen molar-refractivity contribution in [2.45, 2.75) is 13.1 Å². The lowest BCUT2D eigenvalue weighted by atomic mass is 10.1. The monoisotopic (exact) mass is 494 g/mol. The summed E-state index contributed by atoms with van der Waals surface area (Å²) in [5.41, 5.74) is 5.07. The number of imide groups is 1. The first-order chi connectivity index (χ1) is 17.7. The number of thiazole rings is 1.